The molecule has 0 spiro atoms. The van der Waals surface area contributed by atoms with E-state index in [2.05, 4.69) is 11.9 Å². The Hall–Kier alpha value is -0.630. The van der Waals surface area contributed by atoms with Crippen LogP contribution in [-0.2, 0) is 0 Å². The summed E-state index contributed by atoms with van der Waals surface area (Å²) in [4.78, 5) is 2.96. The van der Waals surface area contributed by atoms with Crippen LogP contribution in [0.15, 0.2) is 12.3 Å². The molecule has 13 heavy (non-hydrogen) atoms. The van der Waals surface area contributed by atoms with Gasteiger partial charge in [0.2, 0.25) is 0 Å². The van der Waals surface area contributed by atoms with Crippen LogP contribution in [0.25, 0.3) is 0 Å². The zero-order valence-corrected chi connectivity index (χ0v) is 10.4. The summed E-state index contributed by atoms with van der Waals surface area (Å²) in [7, 11) is 0. The molecule has 1 heterocycles. The topological polar surface area (TPSA) is 15.8 Å². The second-order valence-corrected chi connectivity index (χ2v) is 2.52. The molecular weight excluding hydrogens is 178 g/mol. The number of nitrogens with one attached hydrogen (secondary N) is 1. The van der Waals surface area contributed by atoms with Crippen molar-refractivity contribution in [1.82, 2.24) is 4.98 Å². The summed E-state index contributed by atoms with van der Waals surface area (Å²) in [6.45, 7) is 12.1. The first-order valence-electron chi connectivity index (χ1n) is 4.86. The summed E-state index contributed by atoms with van der Waals surface area (Å²) in [6.07, 6.45) is 1.87. The molecule has 1 nitrogen and oxygen atoms in total. The first kappa shape index (κ1) is 14.9. The van der Waals surface area contributed by atoms with Crippen LogP contribution in [0, 0.1) is 18.5 Å². The first-order chi connectivity index (χ1) is 6.22. The van der Waals surface area contributed by atoms with Gasteiger partial charge in [0.25, 0.3) is 0 Å². The van der Waals surface area contributed by atoms with Gasteiger partial charge in [0.05, 0.1) is 0 Å². The fourth-order valence-corrected chi connectivity index (χ4v) is 0.884. The van der Waals surface area contributed by atoms with E-state index >= 15 is 0 Å². The number of aromatic amines is 1. The number of aryl methyl sites for hydroxylation is 1. The van der Waals surface area contributed by atoms with E-state index in [0.717, 1.165) is 4.64 Å². The van der Waals surface area contributed by atoms with E-state index in [1.54, 1.807) is 0 Å². The monoisotopic (exact) mass is 199 g/mol. The molecule has 0 aromatic carbocycles. The van der Waals surface area contributed by atoms with Crippen LogP contribution >= 0.6 is 12.2 Å². The van der Waals surface area contributed by atoms with Gasteiger partial charge in [-0.1, -0.05) is 39.9 Å². The van der Waals surface area contributed by atoms with E-state index in [1.165, 1.54) is 11.1 Å². The van der Waals surface area contributed by atoms with Crippen molar-refractivity contribution < 1.29 is 0 Å². The Labute approximate surface area is 87.2 Å². The fourth-order valence-electron chi connectivity index (χ4n) is 0.655. The van der Waals surface area contributed by atoms with Crippen molar-refractivity contribution in [3.63, 3.8) is 0 Å². The third-order valence-corrected chi connectivity index (χ3v) is 1.90. The number of hydrogen-bond acceptors (Lipinski definition) is 1. The van der Waals surface area contributed by atoms with Crippen molar-refractivity contribution in [3.8, 4) is 0 Å². The van der Waals surface area contributed by atoms with Crippen LogP contribution in [0.2, 0.25) is 0 Å². The lowest BCUT2D eigenvalue weighted by atomic mass is 10.2. The van der Waals surface area contributed by atoms with Crippen molar-refractivity contribution in [1.29, 1.82) is 0 Å². The van der Waals surface area contributed by atoms with E-state index < -0.39 is 0 Å². The van der Waals surface area contributed by atoms with Crippen LogP contribution in [0.3, 0.4) is 0 Å². The number of pyridine rings is 1. The lowest BCUT2D eigenvalue weighted by Crippen LogP contribution is -1.82. The number of rotatable bonds is 0. The zero-order valence-electron chi connectivity index (χ0n) is 9.56. The van der Waals surface area contributed by atoms with Crippen molar-refractivity contribution in [2.24, 2.45) is 0 Å². The van der Waals surface area contributed by atoms with Gasteiger partial charge in [0.15, 0.2) is 0 Å². The molecule has 1 rings (SSSR count). The maximum absolute atomic E-state index is 4.99. The van der Waals surface area contributed by atoms with Gasteiger partial charge < -0.3 is 4.98 Å². The van der Waals surface area contributed by atoms with Gasteiger partial charge in [-0.3, -0.25) is 0 Å². The molecule has 1 aromatic rings. The first-order valence-corrected chi connectivity index (χ1v) is 5.27. The number of hydrogen-bond donors (Lipinski definition) is 1. The molecule has 1 N–H and O–H groups in total. The molecule has 0 amide bonds. The highest BCUT2D eigenvalue weighted by molar-refractivity contribution is 7.71. The third-order valence-electron chi connectivity index (χ3n) is 1.48. The average Bonchev–Trinajstić information content (AvgIpc) is 2.20. The van der Waals surface area contributed by atoms with Crippen molar-refractivity contribution in [2.75, 3.05) is 0 Å². The van der Waals surface area contributed by atoms with E-state index in [1.807, 2.05) is 46.9 Å². The van der Waals surface area contributed by atoms with E-state index in [9.17, 15) is 0 Å². The predicted octanol–water partition coefficient (Wildman–Crippen LogP) is 4.41. The quantitative estimate of drug-likeness (QED) is 0.612. The third kappa shape index (κ3) is 5.58. The highest BCUT2D eigenvalue weighted by Crippen LogP contribution is 2.03. The number of H-pyrrole nitrogens is 1. The summed E-state index contributed by atoms with van der Waals surface area (Å²) in [5.41, 5.74) is 2.42. The Morgan fingerprint density at radius 2 is 1.54 bits per heavy atom. The maximum atomic E-state index is 4.99. The molecule has 0 atom stereocenters. The van der Waals surface area contributed by atoms with Gasteiger partial charge in [0, 0.05) is 6.20 Å². The summed E-state index contributed by atoms with van der Waals surface area (Å²) in [6, 6.07) is 2.02. The molecule has 0 aliphatic rings. The van der Waals surface area contributed by atoms with Gasteiger partial charge in [-0.05, 0) is 31.0 Å². The molecule has 1 aromatic heterocycles. The van der Waals surface area contributed by atoms with Gasteiger partial charge in [-0.2, -0.15) is 0 Å². The summed E-state index contributed by atoms with van der Waals surface area (Å²) >= 11 is 4.99. The highest BCUT2D eigenvalue weighted by atomic mass is 32.1. The van der Waals surface area contributed by atoms with Crippen LogP contribution in [-0.4, -0.2) is 4.98 Å². The smallest absolute Gasteiger partial charge is 0.106 e. The van der Waals surface area contributed by atoms with Crippen LogP contribution in [0.1, 0.15) is 38.8 Å². The predicted molar refractivity (Wildman–Crippen MR) is 63.8 cm³/mol. The number of aromatic nitrogens is 1. The van der Waals surface area contributed by atoms with Crippen molar-refractivity contribution in [2.45, 2.75) is 41.5 Å². The zero-order chi connectivity index (χ0) is 10.9. The van der Waals surface area contributed by atoms with Gasteiger partial charge in [-0.15, -0.1) is 0 Å². The minimum Gasteiger partial charge on any atom is -0.353 e. The Morgan fingerprint density at radius 1 is 1.08 bits per heavy atom. The molecule has 0 unspecified atom stereocenters. The normalized spacial score (nSPS) is 7.54. The highest BCUT2D eigenvalue weighted by Gasteiger charge is 1.89. The molecule has 76 valence electrons. The lowest BCUT2D eigenvalue weighted by molar-refractivity contribution is 1.19. The van der Waals surface area contributed by atoms with Crippen molar-refractivity contribution >= 4 is 12.2 Å². The molecule has 0 saturated carbocycles. The lowest BCUT2D eigenvalue weighted by Gasteiger charge is -1.95. The fraction of sp³-hybridized carbons (Fsp3) is 0.545. The van der Waals surface area contributed by atoms with Crippen LogP contribution in [0.4, 0.5) is 0 Å². The van der Waals surface area contributed by atoms with E-state index in [-0.39, 0.29) is 0 Å². The SMILES string of the molecule is CC.CC.Cc1cc[nH]c(=S)c1C. The molecular formula is C11H21NS. The molecule has 0 fully saturated rings. The average molecular weight is 199 g/mol. The van der Waals surface area contributed by atoms with Gasteiger partial charge >= 0.3 is 0 Å². The Morgan fingerprint density at radius 3 is 1.85 bits per heavy atom. The molecule has 0 aliphatic carbocycles. The Bertz CT molecular complexity index is 263. The summed E-state index contributed by atoms with van der Waals surface area (Å²) in [5, 5.41) is 0. The molecule has 0 saturated heterocycles. The van der Waals surface area contributed by atoms with E-state index in [0.29, 0.717) is 0 Å². The Kier molecular flexibility index (Phi) is 10.8. The molecule has 0 bridgehead atoms. The van der Waals surface area contributed by atoms with Gasteiger partial charge in [0.1, 0.15) is 4.64 Å². The largest absolute Gasteiger partial charge is 0.353 e. The van der Waals surface area contributed by atoms with Crippen molar-refractivity contribution in [3.05, 3.63) is 28.0 Å². The molecule has 0 aliphatic heterocycles. The molecule has 2 heteroatoms. The van der Waals surface area contributed by atoms with E-state index in [4.69, 9.17) is 12.2 Å². The minimum atomic E-state index is 0.843. The maximum Gasteiger partial charge on any atom is 0.106 e. The standard InChI is InChI=1S/C7H9NS.2C2H6/c1-5-3-4-8-7(9)6(5)2;2*1-2/h3-4H,1-2H3,(H,8,9);2*1-2H3. The molecule has 0 radical (unpaired) electrons. The Balaban J connectivity index is 0. The van der Waals surface area contributed by atoms with Crippen LogP contribution < -0.4 is 0 Å². The second-order valence-electron chi connectivity index (χ2n) is 2.11. The minimum absolute atomic E-state index is 0.843. The van der Waals surface area contributed by atoms with Gasteiger partial charge in [-0.25, -0.2) is 0 Å². The summed E-state index contributed by atoms with van der Waals surface area (Å²) < 4.78 is 0.843. The summed E-state index contributed by atoms with van der Waals surface area (Å²) in [5.74, 6) is 0. The second kappa shape index (κ2) is 9.46. The van der Waals surface area contributed by atoms with Crippen LogP contribution in [0.5, 0.6) is 0 Å².